The van der Waals surface area contributed by atoms with Gasteiger partial charge in [0.25, 0.3) is 5.91 Å². The van der Waals surface area contributed by atoms with Crippen molar-refractivity contribution in [2.24, 2.45) is 5.73 Å². The van der Waals surface area contributed by atoms with E-state index in [-0.39, 0.29) is 11.9 Å². The zero-order valence-corrected chi connectivity index (χ0v) is 14.2. The van der Waals surface area contributed by atoms with Gasteiger partial charge in [0.2, 0.25) is 0 Å². The highest BCUT2D eigenvalue weighted by Crippen LogP contribution is 2.19. The minimum absolute atomic E-state index is 0.259. The lowest BCUT2D eigenvalue weighted by Crippen LogP contribution is -2.21. The zero-order chi connectivity index (χ0) is 18.2. The molecule has 0 aliphatic heterocycles. The molecule has 25 heavy (non-hydrogen) atoms. The fourth-order valence-corrected chi connectivity index (χ4v) is 2.04. The average Bonchev–Trinajstić information content (AvgIpc) is 2.58. The van der Waals surface area contributed by atoms with Gasteiger partial charge in [0.1, 0.15) is 5.75 Å². The van der Waals surface area contributed by atoms with Gasteiger partial charge < -0.3 is 15.8 Å². The third kappa shape index (κ3) is 5.31. The molecule has 6 nitrogen and oxygen atoms in total. The molecule has 0 radical (unpaired) electrons. The first-order chi connectivity index (χ1) is 12.0. The van der Waals surface area contributed by atoms with Crippen LogP contribution in [0.4, 0.5) is 0 Å². The molecular weight excluding hydrogens is 316 g/mol. The standard InChI is InChI=1S/C19H20N4O2/c1-4-16(6-5-11-20)23-18(24)15-7-9-17(10-8-15)25-19-21-13(2)12-14(3)22-19/h4-12H,1,20H2,2-3H3,(H,23,24)/b11-5-,16-6+. The van der Waals surface area contributed by atoms with E-state index in [0.29, 0.717) is 17.0 Å². The second kappa shape index (κ2) is 8.44. The maximum atomic E-state index is 12.2. The molecule has 2 rings (SSSR count). The predicted octanol–water partition coefficient (Wildman–Crippen LogP) is 3.16. The second-order valence-corrected chi connectivity index (χ2v) is 5.22. The van der Waals surface area contributed by atoms with Crippen molar-refractivity contribution in [2.75, 3.05) is 0 Å². The number of nitrogens with two attached hydrogens (primary N) is 1. The molecule has 128 valence electrons. The highest BCUT2D eigenvalue weighted by molar-refractivity contribution is 5.95. The number of carbonyl (C=O) groups is 1. The van der Waals surface area contributed by atoms with Crippen molar-refractivity contribution in [3.63, 3.8) is 0 Å². The molecule has 6 heteroatoms. The summed E-state index contributed by atoms with van der Waals surface area (Å²) in [6.45, 7) is 7.39. The Morgan fingerprint density at radius 3 is 2.40 bits per heavy atom. The molecule has 0 spiro atoms. The van der Waals surface area contributed by atoms with Crippen LogP contribution in [0.3, 0.4) is 0 Å². The lowest BCUT2D eigenvalue weighted by molar-refractivity contribution is 0.0967. The van der Waals surface area contributed by atoms with Gasteiger partial charge in [-0.2, -0.15) is 0 Å². The minimum atomic E-state index is -0.259. The average molecular weight is 336 g/mol. The van der Waals surface area contributed by atoms with Crippen molar-refractivity contribution in [3.05, 3.63) is 84.0 Å². The number of ether oxygens (including phenoxy) is 1. The van der Waals surface area contributed by atoms with E-state index in [0.717, 1.165) is 11.4 Å². The van der Waals surface area contributed by atoms with E-state index in [4.69, 9.17) is 10.5 Å². The largest absolute Gasteiger partial charge is 0.424 e. The molecule has 0 saturated heterocycles. The van der Waals surface area contributed by atoms with Gasteiger partial charge in [-0.05, 0) is 68.6 Å². The normalized spacial score (nSPS) is 11.4. The van der Waals surface area contributed by atoms with Gasteiger partial charge in [0.15, 0.2) is 0 Å². The molecule has 0 atom stereocenters. The van der Waals surface area contributed by atoms with Crippen molar-refractivity contribution in [1.82, 2.24) is 15.3 Å². The molecule has 0 bridgehead atoms. The van der Waals surface area contributed by atoms with E-state index in [1.54, 1.807) is 36.4 Å². The summed E-state index contributed by atoms with van der Waals surface area (Å²) in [5.74, 6) is 0.290. The fourth-order valence-electron chi connectivity index (χ4n) is 2.04. The first-order valence-electron chi connectivity index (χ1n) is 7.64. The second-order valence-electron chi connectivity index (χ2n) is 5.22. The SMILES string of the molecule is C=C/C(=C\C=C/N)NC(=O)c1ccc(Oc2nc(C)cc(C)n2)cc1. The van der Waals surface area contributed by atoms with Crippen LogP contribution in [0.25, 0.3) is 0 Å². The number of hydrogen-bond acceptors (Lipinski definition) is 5. The molecule has 0 aliphatic rings. The zero-order valence-electron chi connectivity index (χ0n) is 14.2. The van der Waals surface area contributed by atoms with Crippen molar-refractivity contribution in [2.45, 2.75) is 13.8 Å². The van der Waals surface area contributed by atoms with Gasteiger partial charge >= 0.3 is 6.01 Å². The molecule has 0 aliphatic carbocycles. The Bertz CT molecular complexity index is 804. The molecule has 3 N–H and O–H groups in total. The van der Waals surface area contributed by atoms with Crippen molar-refractivity contribution >= 4 is 5.91 Å². The van der Waals surface area contributed by atoms with Gasteiger partial charge in [0, 0.05) is 22.6 Å². The summed E-state index contributed by atoms with van der Waals surface area (Å²) in [6.07, 6.45) is 6.17. The smallest absolute Gasteiger partial charge is 0.322 e. The van der Waals surface area contributed by atoms with Crippen molar-refractivity contribution < 1.29 is 9.53 Å². The number of carbonyl (C=O) groups excluding carboxylic acids is 1. The van der Waals surface area contributed by atoms with Crippen LogP contribution in [0, 0.1) is 13.8 Å². The van der Waals surface area contributed by atoms with Crippen molar-refractivity contribution in [1.29, 1.82) is 0 Å². The van der Waals surface area contributed by atoms with Gasteiger partial charge in [-0.25, -0.2) is 9.97 Å². The summed E-state index contributed by atoms with van der Waals surface area (Å²) in [6, 6.07) is 8.84. The quantitative estimate of drug-likeness (QED) is 0.791. The highest BCUT2D eigenvalue weighted by Gasteiger charge is 2.08. The van der Waals surface area contributed by atoms with Crippen LogP contribution in [-0.4, -0.2) is 15.9 Å². The minimum Gasteiger partial charge on any atom is -0.424 e. The third-order valence-electron chi connectivity index (χ3n) is 3.15. The highest BCUT2D eigenvalue weighted by atomic mass is 16.5. The number of nitrogens with one attached hydrogen (secondary N) is 1. The summed E-state index contributed by atoms with van der Waals surface area (Å²) in [5.41, 5.74) is 7.97. The number of benzene rings is 1. The van der Waals surface area contributed by atoms with E-state index >= 15 is 0 Å². The van der Waals surface area contributed by atoms with Gasteiger partial charge in [-0.1, -0.05) is 6.58 Å². The Morgan fingerprint density at radius 1 is 1.20 bits per heavy atom. The molecule has 1 aromatic heterocycles. The monoisotopic (exact) mass is 336 g/mol. The Balaban J connectivity index is 2.08. The first-order valence-corrected chi connectivity index (χ1v) is 7.64. The number of amides is 1. The van der Waals surface area contributed by atoms with Gasteiger partial charge in [0.05, 0.1) is 0 Å². The third-order valence-corrected chi connectivity index (χ3v) is 3.15. The van der Waals surface area contributed by atoms with Gasteiger partial charge in [-0.15, -0.1) is 0 Å². The van der Waals surface area contributed by atoms with Crippen LogP contribution >= 0.6 is 0 Å². The lowest BCUT2D eigenvalue weighted by Gasteiger charge is -2.08. The van der Waals surface area contributed by atoms with Gasteiger partial charge in [-0.3, -0.25) is 4.79 Å². The molecule has 0 saturated carbocycles. The Morgan fingerprint density at radius 2 is 1.84 bits per heavy atom. The summed E-state index contributed by atoms with van der Waals surface area (Å²) < 4.78 is 5.63. The maximum Gasteiger partial charge on any atom is 0.322 e. The van der Waals surface area contributed by atoms with Crippen LogP contribution < -0.4 is 15.8 Å². The summed E-state index contributed by atoms with van der Waals surface area (Å²) in [4.78, 5) is 20.7. The molecule has 2 aromatic rings. The number of nitrogens with zero attached hydrogens (tertiary/aromatic N) is 2. The molecule has 1 heterocycles. The molecular formula is C19H20N4O2. The van der Waals surface area contributed by atoms with E-state index in [1.165, 1.54) is 12.3 Å². The Labute approximate surface area is 146 Å². The van der Waals surface area contributed by atoms with E-state index in [9.17, 15) is 4.79 Å². The summed E-state index contributed by atoms with van der Waals surface area (Å²) >= 11 is 0. The Hall–Kier alpha value is -3.41. The maximum absolute atomic E-state index is 12.2. The van der Waals surface area contributed by atoms with Crippen LogP contribution in [0.5, 0.6) is 11.8 Å². The van der Waals surface area contributed by atoms with Crippen LogP contribution in [0.1, 0.15) is 21.7 Å². The van der Waals surface area contributed by atoms with Crippen LogP contribution in [-0.2, 0) is 0 Å². The fraction of sp³-hybridized carbons (Fsp3) is 0.105. The molecule has 0 fully saturated rings. The Kier molecular flexibility index (Phi) is 6.06. The van der Waals surface area contributed by atoms with E-state index in [1.807, 2.05) is 19.9 Å². The predicted molar refractivity (Wildman–Crippen MR) is 97.1 cm³/mol. The van der Waals surface area contributed by atoms with E-state index in [2.05, 4.69) is 21.9 Å². The van der Waals surface area contributed by atoms with Crippen LogP contribution in [0.2, 0.25) is 0 Å². The number of aromatic nitrogens is 2. The molecule has 1 aromatic carbocycles. The topological polar surface area (TPSA) is 90.1 Å². The lowest BCUT2D eigenvalue weighted by atomic mass is 10.2. The van der Waals surface area contributed by atoms with E-state index < -0.39 is 0 Å². The first kappa shape index (κ1) is 17.9. The van der Waals surface area contributed by atoms with Crippen molar-refractivity contribution in [3.8, 4) is 11.8 Å². The number of rotatable bonds is 6. The van der Waals surface area contributed by atoms with Crippen LogP contribution in [0.15, 0.2) is 67.0 Å². The molecule has 1 amide bonds. The summed E-state index contributed by atoms with van der Waals surface area (Å²) in [5, 5.41) is 2.73. The summed E-state index contributed by atoms with van der Waals surface area (Å²) in [7, 11) is 0. The molecule has 0 unspecified atom stereocenters. The number of allylic oxidation sites excluding steroid dienone is 3. The number of hydrogen-bond donors (Lipinski definition) is 2. The number of aryl methyl sites for hydroxylation is 2.